The number of aryl methyl sites for hydroxylation is 1. The standard InChI is InChI=1S/C12H18N2/c1-9-4-3-5-11-10(6-7-13)8-14(2)12(9)11/h3-5,10H,6-8,13H2,1-2H3. The number of nitrogens with two attached hydrogens (primary N) is 1. The maximum absolute atomic E-state index is 5.63. The molecule has 2 nitrogen and oxygen atoms in total. The van der Waals surface area contributed by atoms with E-state index in [1.165, 1.54) is 16.8 Å². The van der Waals surface area contributed by atoms with Gasteiger partial charge in [-0.3, -0.25) is 0 Å². The molecule has 1 atom stereocenters. The number of likely N-dealkylation sites (N-methyl/N-ethyl adjacent to an activating group) is 1. The highest BCUT2D eigenvalue weighted by Gasteiger charge is 2.26. The molecule has 0 radical (unpaired) electrons. The van der Waals surface area contributed by atoms with Crippen molar-refractivity contribution < 1.29 is 0 Å². The molecule has 0 aliphatic carbocycles. The molecule has 0 fully saturated rings. The van der Waals surface area contributed by atoms with Gasteiger partial charge in [-0.25, -0.2) is 0 Å². The molecule has 1 unspecified atom stereocenters. The molecule has 2 N–H and O–H groups in total. The highest BCUT2D eigenvalue weighted by Crippen LogP contribution is 2.38. The summed E-state index contributed by atoms with van der Waals surface area (Å²) in [6, 6.07) is 6.57. The van der Waals surface area contributed by atoms with Crippen LogP contribution in [0.15, 0.2) is 18.2 Å². The van der Waals surface area contributed by atoms with E-state index in [9.17, 15) is 0 Å². The molecule has 76 valence electrons. The third kappa shape index (κ3) is 1.40. The molecule has 1 heterocycles. The average molecular weight is 190 g/mol. The Hall–Kier alpha value is -1.02. The van der Waals surface area contributed by atoms with Crippen molar-refractivity contribution in [2.45, 2.75) is 19.3 Å². The minimum Gasteiger partial charge on any atom is -0.374 e. The summed E-state index contributed by atoms with van der Waals surface area (Å²) in [4.78, 5) is 2.35. The third-order valence-corrected chi connectivity index (χ3v) is 3.10. The van der Waals surface area contributed by atoms with E-state index in [-0.39, 0.29) is 0 Å². The lowest BCUT2D eigenvalue weighted by Gasteiger charge is -2.14. The predicted octanol–water partition coefficient (Wildman–Crippen LogP) is 1.88. The van der Waals surface area contributed by atoms with Crippen LogP contribution in [0.25, 0.3) is 0 Å². The summed E-state index contributed by atoms with van der Waals surface area (Å²) in [5.74, 6) is 0.639. The molecule has 0 spiro atoms. The summed E-state index contributed by atoms with van der Waals surface area (Å²) in [6.07, 6.45) is 1.10. The molecule has 0 aromatic heterocycles. The van der Waals surface area contributed by atoms with Crippen LogP contribution in [-0.2, 0) is 0 Å². The van der Waals surface area contributed by atoms with Crippen LogP contribution >= 0.6 is 0 Å². The SMILES string of the molecule is Cc1cccc2c1N(C)CC2CCN. The summed E-state index contributed by atoms with van der Waals surface area (Å²) in [6.45, 7) is 4.09. The van der Waals surface area contributed by atoms with E-state index in [2.05, 4.69) is 37.1 Å². The van der Waals surface area contributed by atoms with Crippen LogP contribution < -0.4 is 10.6 Å². The van der Waals surface area contributed by atoms with Crippen molar-refractivity contribution in [1.82, 2.24) is 0 Å². The Bertz CT molecular complexity index is 333. The van der Waals surface area contributed by atoms with Gasteiger partial charge in [0.2, 0.25) is 0 Å². The van der Waals surface area contributed by atoms with Crippen molar-refractivity contribution in [2.75, 3.05) is 25.0 Å². The molecule has 2 rings (SSSR count). The number of fused-ring (bicyclic) bond motifs is 1. The van der Waals surface area contributed by atoms with Gasteiger partial charge < -0.3 is 10.6 Å². The second-order valence-electron chi connectivity index (χ2n) is 4.17. The molecule has 0 amide bonds. The van der Waals surface area contributed by atoms with Crippen molar-refractivity contribution in [1.29, 1.82) is 0 Å². The van der Waals surface area contributed by atoms with E-state index in [0.717, 1.165) is 19.5 Å². The summed E-state index contributed by atoms with van der Waals surface area (Å²) in [7, 11) is 2.17. The second kappa shape index (κ2) is 3.62. The number of hydrogen-bond acceptors (Lipinski definition) is 2. The summed E-state index contributed by atoms with van der Waals surface area (Å²) in [5.41, 5.74) is 9.92. The highest BCUT2D eigenvalue weighted by molar-refractivity contribution is 5.64. The molecule has 1 aliphatic heterocycles. The molecular weight excluding hydrogens is 172 g/mol. The largest absolute Gasteiger partial charge is 0.374 e. The monoisotopic (exact) mass is 190 g/mol. The van der Waals surface area contributed by atoms with Crippen LogP contribution in [0, 0.1) is 6.92 Å². The molecule has 0 bridgehead atoms. The lowest BCUT2D eigenvalue weighted by Crippen LogP contribution is -2.17. The van der Waals surface area contributed by atoms with Gasteiger partial charge in [0, 0.05) is 25.2 Å². The Morgan fingerprint density at radius 1 is 1.50 bits per heavy atom. The zero-order valence-electron chi connectivity index (χ0n) is 8.96. The van der Waals surface area contributed by atoms with Gasteiger partial charge in [-0.2, -0.15) is 0 Å². The first-order chi connectivity index (χ1) is 6.74. The van der Waals surface area contributed by atoms with E-state index in [1.807, 2.05) is 0 Å². The molecule has 1 aliphatic rings. The van der Waals surface area contributed by atoms with Crippen LogP contribution in [0.5, 0.6) is 0 Å². The fraction of sp³-hybridized carbons (Fsp3) is 0.500. The van der Waals surface area contributed by atoms with E-state index < -0.39 is 0 Å². The number of nitrogens with zero attached hydrogens (tertiary/aromatic N) is 1. The van der Waals surface area contributed by atoms with Crippen molar-refractivity contribution in [3.8, 4) is 0 Å². The van der Waals surface area contributed by atoms with Gasteiger partial charge in [0.15, 0.2) is 0 Å². The third-order valence-electron chi connectivity index (χ3n) is 3.10. The number of benzene rings is 1. The van der Waals surface area contributed by atoms with Gasteiger partial charge in [-0.05, 0) is 31.0 Å². The molecular formula is C12H18N2. The van der Waals surface area contributed by atoms with E-state index in [1.54, 1.807) is 0 Å². The van der Waals surface area contributed by atoms with Crippen LogP contribution in [0.1, 0.15) is 23.5 Å². The van der Waals surface area contributed by atoms with Crippen molar-refractivity contribution in [3.05, 3.63) is 29.3 Å². The Balaban J connectivity index is 2.39. The number of rotatable bonds is 2. The molecule has 1 aromatic carbocycles. The first-order valence-corrected chi connectivity index (χ1v) is 5.24. The Morgan fingerprint density at radius 3 is 3.00 bits per heavy atom. The highest BCUT2D eigenvalue weighted by atomic mass is 15.1. The zero-order valence-corrected chi connectivity index (χ0v) is 8.96. The molecule has 1 aromatic rings. The van der Waals surface area contributed by atoms with Crippen LogP contribution in [0.2, 0.25) is 0 Å². The number of anilines is 1. The maximum atomic E-state index is 5.63. The Kier molecular flexibility index (Phi) is 2.46. The smallest absolute Gasteiger partial charge is 0.0429 e. The first-order valence-electron chi connectivity index (χ1n) is 5.24. The lowest BCUT2D eigenvalue weighted by atomic mass is 9.96. The molecule has 14 heavy (non-hydrogen) atoms. The van der Waals surface area contributed by atoms with E-state index in [4.69, 9.17) is 5.73 Å². The minimum absolute atomic E-state index is 0.639. The normalized spacial score (nSPS) is 19.9. The minimum atomic E-state index is 0.639. The first kappa shape index (κ1) is 9.53. The molecule has 2 heteroatoms. The summed E-state index contributed by atoms with van der Waals surface area (Å²) in [5, 5.41) is 0. The zero-order chi connectivity index (χ0) is 10.1. The van der Waals surface area contributed by atoms with Gasteiger partial charge >= 0.3 is 0 Å². The Morgan fingerprint density at radius 2 is 2.29 bits per heavy atom. The topological polar surface area (TPSA) is 29.3 Å². The average Bonchev–Trinajstić information content (AvgIpc) is 2.46. The molecule has 0 saturated heterocycles. The van der Waals surface area contributed by atoms with E-state index in [0.29, 0.717) is 5.92 Å². The summed E-state index contributed by atoms with van der Waals surface area (Å²) < 4.78 is 0. The fourth-order valence-corrected chi connectivity index (χ4v) is 2.50. The van der Waals surface area contributed by atoms with Crippen LogP contribution in [0.3, 0.4) is 0 Å². The van der Waals surface area contributed by atoms with Gasteiger partial charge in [0.25, 0.3) is 0 Å². The molecule has 0 saturated carbocycles. The van der Waals surface area contributed by atoms with Crippen molar-refractivity contribution in [2.24, 2.45) is 5.73 Å². The summed E-state index contributed by atoms with van der Waals surface area (Å²) >= 11 is 0. The number of hydrogen-bond donors (Lipinski definition) is 1. The predicted molar refractivity (Wildman–Crippen MR) is 60.9 cm³/mol. The van der Waals surface area contributed by atoms with Gasteiger partial charge in [0.1, 0.15) is 0 Å². The quantitative estimate of drug-likeness (QED) is 0.771. The second-order valence-corrected chi connectivity index (χ2v) is 4.17. The van der Waals surface area contributed by atoms with Crippen molar-refractivity contribution in [3.63, 3.8) is 0 Å². The maximum Gasteiger partial charge on any atom is 0.0429 e. The van der Waals surface area contributed by atoms with Gasteiger partial charge in [-0.1, -0.05) is 18.2 Å². The lowest BCUT2D eigenvalue weighted by molar-refractivity contribution is 0.662. The van der Waals surface area contributed by atoms with Gasteiger partial charge in [-0.15, -0.1) is 0 Å². The fourth-order valence-electron chi connectivity index (χ4n) is 2.50. The van der Waals surface area contributed by atoms with E-state index >= 15 is 0 Å². The van der Waals surface area contributed by atoms with Crippen molar-refractivity contribution >= 4 is 5.69 Å². The Labute approximate surface area is 85.7 Å². The number of para-hydroxylation sites is 1. The van der Waals surface area contributed by atoms with Crippen LogP contribution in [0.4, 0.5) is 5.69 Å². The van der Waals surface area contributed by atoms with Gasteiger partial charge in [0.05, 0.1) is 0 Å². The van der Waals surface area contributed by atoms with Crippen LogP contribution in [-0.4, -0.2) is 20.1 Å².